The topological polar surface area (TPSA) is 63.6 Å². The van der Waals surface area contributed by atoms with Crippen LogP contribution in [0, 0.1) is 6.07 Å². The van der Waals surface area contributed by atoms with Gasteiger partial charge < -0.3 is 19.9 Å². The molecule has 3 aliphatic rings. The Morgan fingerprint density at radius 1 is 0.947 bits per heavy atom. The Bertz CT molecular complexity index is 490. The summed E-state index contributed by atoms with van der Waals surface area (Å²) in [7, 11) is 0. The lowest BCUT2D eigenvalue weighted by atomic mass is 9.91. The SMILES string of the molecule is Nc1[c]cc(CC2CO2)c(CC2CO2)c1CC1CO1. The summed E-state index contributed by atoms with van der Waals surface area (Å²) in [6.07, 6.45) is 3.95. The van der Waals surface area contributed by atoms with Crippen LogP contribution in [0.3, 0.4) is 0 Å². The first-order valence-electron chi connectivity index (χ1n) is 6.95. The van der Waals surface area contributed by atoms with Gasteiger partial charge >= 0.3 is 0 Å². The molecule has 0 amide bonds. The second-order valence-electron chi connectivity index (χ2n) is 5.66. The number of rotatable bonds is 6. The van der Waals surface area contributed by atoms with Crippen molar-refractivity contribution < 1.29 is 14.2 Å². The maximum absolute atomic E-state index is 6.13. The molecule has 0 bridgehead atoms. The molecule has 4 rings (SSSR count). The zero-order chi connectivity index (χ0) is 12.8. The van der Waals surface area contributed by atoms with Gasteiger partial charge in [0, 0.05) is 31.0 Å². The summed E-state index contributed by atoms with van der Waals surface area (Å²) in [5, 5.41) is 0. The van der Waals surface area contributed by atoms with E-state index in [1.165, 1.54) is 16.7 Å². The van der Waals surface area contributed by atoms with E-state index in [2.05, 4.69) is 6.07 Å². The van der Waals surface area contributed by atoms with Gasteiger partial charge in [-0.05, 0) is 22.8 Å². The van der Waals surface area contributed by atoms with Crippen LogP contribution in [0.2, 0.25) is 0 Å². The molecule has 1 aromatic rings. The largest absolute Gasteiger partial charge is 0.398 e. The van der Waals surface area contributed by atoms with Crippen LogP contribution in [0.5, 0.6) is 0 Å². The lowest BCUT2D eigenvalue weighted by molar-refractivity contribution is 0.398. The predicted octanol–water partition coefficient (Wildman–Crippen LogP) is 0.893. The second-order valence-corrected chi connectivity index (χ2v) is 5.66. The van der Waals surface area contributed by atoms with E-state index >= 15 is 0 Å². The smallest absolute Gasteiger partial charge is 0.0851 e. The summed E-state index contributed by atoms with van der Waals surface area (Å²) >= 11 is 0. The molecule has 0 aromatic heterocycles. The van der Waals surface area contributed by atoms with Crippen LogP contribution in [0.1, 0.15) is 16.7 Å². The lowest BCUT2D eigenvalue weighted by Gasteiger charge is -2.15. The van der Waals surface area contributed by atoms with Crippen LogP contribution in [-0.4, -0.2) is 38.1 Å². The van der Waals surface area contributed by atoms with Crippen molar-refractivity contribution in [3.05, 3.63) is 28.8 Å². The average Bonchev–Trinajstić information content (AvgIpc) is 3.24. The third-order valence-corrected chi connectivity index (χ3v) is 4.00. The number of hydrogen-bond acceptors (Lipinski definition) is 4. The van der Waals surface area contributed by atoms with Crippen molar-refractivity contribution in [3.63, 3.8) is 0 Å². The lowest BCUT2D eigenvalue weighted by Crippen LogP contribution is -2.11. The zero-order valence-corrected chi connectivity index (χ0v) is 10.9. The molecule has 2 N–H and O–H groups in total. The number of ether oxygens (including phenoxy) is 3. The molecule has 3 heterocycles. The van der Waals surface area contributed by atoms with E-state index < -0.39 is 0 Å². The van der Waals surface area contributed by atoms with Crippen LogP contribution in [-0.2, 0) is 33.5 Å². The van der Waals surface area contributed by atoms with E-state index in [0.717, 1.165) is 44.8 Å². The number of epoxide rings is 3. The highest BCUT2D eigenvalue weighted by atomic mass is 16.6. The predicted molar refractivity (Wildman–Crippen MR) is 70.0 cm³/mol. The fraction of sp³-hybridized carbons (Fsp3) is 0.600. The molecule has 0 spiro atoms. The van der Waals surface area contributed by atoms with Crippen molar-refractivity contribution in [2.24, 2.45) is 0 Å². The summed E-state index contributed by atoms with van der Waals surface area (Å²) < 4.78 is 16.1. The Hall–Kier alpha value is -1.10. The number of hydrogen-bond donors (Lipinski definition) is 1. The Morgan fingerprint density at radius 2 is 1.47 bits per heavy atom. The minimum Gasteiger partial charge on any atom is -0.398 e. The normalized spacial score (nSPS) is 31.3. The molecule has 1 aromatic carbocycles. The molecular formula is C15H18NO3. The molecule has 0 saturated carbocycles. The fourth-order valence-corrected chi connectivity index (χ4v) is 2.62. The number of anilines is 1. The van der Waals surface area contributed by atoms with Gasteiger partial charge in [0.05, 0.1) is 38.1 Å². The highest BCUT2D eigenvalue weighted by molar-refractivity contribution is 5.54. The Morgan fingerprint density at radius 3 is 2.05 bits per heavy atom. The second kappa shape index (κ2) is 4.47. The molecular weight excluding hydrogens is 242 g/mol. The van der Waals surface area contributed by atoms with Crippen LogP contribution >= 0.6 is 0 Å². The van der Waals surface area contributed by atoms with E-state index in [-0.39, 0.29) is 0 Å². The molecule has 4 nitrogen and oxygen atoms in total. The number of nitrogens with two attached hydrogens (primary N) is 1. The molecule has 101 valence electrons. The molecule has 3 unspecified atom stereocenters. The Balaban J connectivity index is 1.66. The van der Waals surface area contributed by atoms with Crippen molar-refractivity contribution in [1.82, 2.24) is 0 Å². The van der Waals surface area contributed by atoms with Gasteiger partial charge in [-0.1, -0.05) is 0 Å². The van der Waals surface area contributed by atoms with Gasteiger partial charge in [0.15, 0.2) is 0 Å². The summed E-state index contributed by atoms with van der Waals surface area (Å²) in [6.45, 7) is 2.61. The number of benzene rings is 1. The summed E-state index contributed by atoms with van der Waals surface area (Å²) in [5.41, 5.74) is 10.8. The quantitative estimate of drug-likeness (QED) is 0.609. The van der Waals surface area contributed by atoms with Gasteiger partial charge in [-0.25, -0.2) is 0 Å². The van der Waals surface area contributed by atoms with Gasteiger partial charge in [0.2, 0.25) is 0 Å². The molecule has 3 saturated heterocycles. The van der Waals surface area contributed by atoms with E-state index in [4.69, 9.17) is 19.9 Å². The maximum Gasteiger partial charge on any atom is 0.0851 e. The summed E-state index contributed by atoms with van der Waals surface area (Å²) in [5.74, 6) is 0. The first-order valence-corrected chi connectivity index (χ1v) is 6.95. The third-order valence-electron chi connectivity index (χ3n) is 4.00. The average molecular weight is 260 g/mol. The van der Waals surface area contributed by atoms with Crippen molar-refractivity contribution in [1.29, 1.82) is 0 Å². The molecule has 3 aliphatic heterocycles. The minimum absolute atomic E-state index is 0.349. The van der Waals surface area contributed by atoms with Crippen LogP contribution in [0.25, 0.3) is 0 Å². The highest BCUT2D eigenvalue weighted by Crippen LogP contribution is 2.31. The van der Waals surface area contributed by atoms with Crippen molar-refractivity contribution in [2.45, 2.75) is 37.6 Å². The van der Waals surface area contributed by atoms with E-state index in [1.807, 2.05) is 6.07 Å². The van der Waals surface area contributed by atoms with Gasteiger partial charge in [-0.2, -0.15) is 0 Å². The third kappa shape index (κ3) is 2.76. The van der Waals surface area contributed by atoms with E-state index in [1.54, 1.807) is 0 Å². The monoisotopic (exact) mass is 260 g/mol. The van der Waals surface area contributed by atoms with E-state index in [0.29, 0.717) is 18.3 Å². The molecule has 1 radical (unpaired) electrons. The first kappa shape index (κ1) is 11.7. The standard InChI is InChI=1S/C15H18NO3/c16-15-2-1-9(3-10-6-17-10)13(4-11-7-18-11)14(15)5-12-8-19-12/h1,10-12H,3-8,16H2. The van der Waals surface area contributed by atoms with Crippen molar-refractivity contribution >= 4 is 5.69 Å². The molecule has 3 atom stereocenters. The maximum atomic E-state index is 6.13. The number of nitrogen functional groups attached to an aromatic ring is 1. The molecule has 0 aliphatic carbocycles. The van der Waals surface area contributed by atoms with Crippen LogP contribution in [0.4, 0.5) is 5.69 Å². The first-order chi connectivity index (χ1) is 9.29. The summed E-state index contributed by atoms with van der Waals surface area (Å²) in [6, 6.07) is 5.23. The van der Waals surface area contributed by atoms with E-state index in [9.17, 15) is 0 Å². The highest BCUT2D eigenvalue weighted by Gasteiger charge is 2.31. The minimum atomic E-state index is 0.349. The zero-order valence-electron chi connectivity index (χ0n) is 10.9. The fourth-order valence-electron chi connectivity index (χ4n) is 2.62. The van der Waals surface area contributed by atoms with Crippen molar-refractivity contribution in [2.75, 3.05) is 25.6 Å². The van der Waals surface area contributed by atoms with Gasteiger partial charge in [0.1, 0.15) is 0 Å². The van der Waals surface area contributed by atoms with Crippen molar-refractivity contribution in [3.8, 4) is 0 Å². The molecule has 4 heteroatoms. The Labute approximate surface area is 112 Å². The van der Waals surface area contributed by atoms with Crippen LogP contribution in [0.15, 0.2) is 6.07 Å². The molecule has 3 fully saturated rings. The van der Waals surface area contributed by atoms with Gasteiger partial charge in [-0.3, -0.25) is 0 Å². The molecule has 19 heavy (non-hydrogen) atoms. The Kier molecular flexibility index (Phi) is 2.76. The summed E-state index contributed by atoms with van der Waals surface area (Å²) in [4.78, 5) is 0. The van der Waals surface area contributed by atoms with Gasteiger partial charge in [-0.15, -0.1) is 0 Å². The van der Waals surface area contributed by atoms with Crippen LogP contribution < -0.4 is 5.73 Å². The van der Waals surface area contributed by atoms with Gasteiger partial charge in [0.25, 0.3) is 0 Å².